The zero-order valence-electron chi connectivity index (χ0n) is 12.4. The van der Waals surface area contributed by atoms with E-state index >= 15 is 0 Å². The summed E-state index contributed by atoms with van der Waals surface area (Å²) in [6.45, 7) is 1.21. The first-order chi connectivity index (χ1) is 11.2. The summed E-state index contributed by atoms with van der Waals surface area (Å²) in [4.78, 5) is 16.4. The lowest BCUT2D eigenvalue weighted by Crippen LogP contribution is -2.22. The second kappa shape index (κ2) is 7.28. The van der Waals surface area contributed by atoms with Crippen LogP contribution in [0.4, 0.5) is 10.1 Å². The number of amides is 1. The molecule has 0 bridgehead atoms. The van der Waals surface area contributed by atoms with Gasteiger partial charge in [-0.2, -0.15) is 0 Å². The highest BCUT2D eigenvalue weighted by Gasteiger charge is 2.08. The lowest BCUT2D eigenvalue weighted by Gasteiger charge is -2.08. The molecule has 1 aliphatic rings. The molecule has 2 N–H and O–H groups in total. The minimum absolute atomic E-state index is 0.159. The summed E-state index contributed by atoms with van der Waals surface area (Å²) in [5, 5.41) is 6.95. The number of amidine groups is 1. The molecule has 1 heterocycles. The molecule has 118 valence electrons. The van der Waals surface area contributed by atoms with E-state index in [2.05, 4.69) is 15.6 Å². The van der Waals surface area contributed by atoms with Gasteiger partial charge in [-0.15, -0.1) is 0 Å². The average Bonchev–Trinajstić information content (AvgIpc) is 3.08. The van der Waals surface area contributed by atoms with E-state index in [0.29, 0.717) is 12.1 Å². The second-order valence-corrected chi connectivity index (χ2v) is 6.13. The van der Waals surface area contributed by atoms with Gasteiger partial charge in [0.15, 0.2) is 5.17 Å². The van der Waals surface area contributed by atoms with Crippen molar-refractivity contribution >= 4 is 28.5 Å². The summed E-state index contributed by atoms with van der Waals surface area (Å²) in [5.41, 5.74) is 2.35. The molecular weight excluding hydrogens is 313 g/mol. The number of nitrogens with zero attached hydrogens (tertiary/aromatic N) is 1. The fourth-order valence-corrected chi connectivity index (χ4v) is 2.87. The summed E-state index contributed by atoms with van der Waals surface area (Å²) in [6, 6.07) is 13.3. The Kier molecular flexibility index (Phi) is 4.92. The maximum absolute atomic E-state index is 12.8. The summed E-state index contributed by atoms with van der Waals surface area (Å²) >= 11 is 1.69. The van der Waals surface area contributed by atoms with Crippen LogP contribution >= 0.6 is 11.8 Å². The Morgan fingerprint density at radius 2 is 1.87 bits per heavy atom. The maximum Gasteiger partial charge on any atom is 0.251 e. The molecule has 1 amide bonds. The fourth-order valence-electron chi connectivity index (χ4n) is 2.13. The van der Waals surface area contributed by atoms with Gasteiger partial charge < -0.3 is 10.6 Å². The molecule has 2 aromatic rings. The number of thioether (sulfide) groups is 1. The van der Waals surface area contributed by atoms with Crippen LogP contribution in [-0.4, -0.2) is 23.4 Å². The smallest absolute Gasteiger partial charge is 0.251 e. The monoisotopic (exact) mass is 329 g/mol. The van der Waals surface area contributed by atoms with E-state index in [9.17, 15) is 9.18 Å². The van der Waals surface area contributed by atoms with Gasteiger partial charge in [-0.05, 0) is 42.0 Å². The van der Waals surface area contributed by atoms with Crippen LogP contribution in [0.15, 0.2) is 53.5 Å². The average molecular weight is 329 g/mol. The normalized spacial score (nSPS) is 13.5. The highest BCUT2D eigenvalue weighted by molar-refractivity contribution is 8.14. The molecule has 0 aliphatic carbocycles. The van der Waals surface area contributed by atoms with E-state index in [4.69, 9.17) is 0 Å². The van der Waals surface area contributed by atoms with Gasteiger partial charge in [0.05, 0.1) is 6.54 Å². The van der Waals surface area contributed by atoms with Gasteiger partial charge in [-0.25, -0.2) is 4.39 Å². The quantitative estimate of drug-likeness (QED) is 0.905. The Balaban J connectivity index is 1.55. The Morgan fingerprint density at radius 1 is 1.13 bits per heavy atom. The minimum Gasteiger partial charge on any atom is -0.348 e. The Morgan fingerprint density at radius 3 is 2.52 bits per heavy atom. The Bertz CT molecular complexity index is 714. The first kappa shape index (κ1) is 15.6. The number of hydrogen-bond acceptors (Lipinski definition) is 4. The predicted octanol–water partition coefficient (Wildman–Crippen LogP) is 3.27. The molecule has 3 rings (SSSR count). The van der Waals surface area contributed by atoms with Gasteiger partial charge in [0.25, 0.3) is 5.91 Å². The molecule has 6 heteroatoms. The molecule has 2 aromatic carbocycles. The first-order valence-electron chi connectivity index (χ1n) is 7.28. The van der Waals surface area contributed by atoms with Crippen LogP contribution in [0.2, 0.25) is 0 Å². The van der Waals surface area contributed by atoms with Gasteiger partial charge in [-0.3, -0.25) is 9.79 Å². The largest absolute Gasteiger partial charge is 0.348 e. The Hall–Kier alpha value is -2.34. The predicted molar refractivity (Wildman–Crippen MR) is 92.4 cm³/mol. The number of halogens is 1. The van der Waals surface area contributed by atoms with Crippen molar-refractivity contribution in [2.45, 2.75) is 6.54 Å². The van der Waals surface area contributed by atoms with Gasteiger partial charge in [0.2, 0.25) is 0 Å². The zero-order valence-corrected chi connectivity index (χ0v) is 13.2. The molecular formula is C17H16FN3OS. The molecule has 0 saturated heterocycles. The second-order valence-electron chi connectivity index (χ2n) is 5.05. The van der Waals surface area contributed by atoms with E-state index in [-0.39, 0.29) is 11.7 Å². The van der Waals surface area contributed by atoms with E-state index in [1.165, 1.54) is 12.1 Å². The highest BCUT2D eigenvalue weighted by atomic mass is 32.2. The lowest BCUT2D eigenvalue weighted by molar-refractivity contribution is 0.0951. The maximum atomic E-state index is 12.8. The van der Waals surface area contributed by atoms with Gasteiger partial charge in [0.1, 0.15) is 5.82 Å². The molecule has 4 nitrogen and oxygen atoms in total. The molecule has 0 spiro atoms. The van der Waals surface area contributed by atoms with Gasteiger partial charge in [-0.1, -0.05) is 23.9 Å². The number of rotatable bonds is 4. The van der Waals surface area contributed by atoms with Crippen molar-refractivity contribution in [3.63, 3.8) is 0 Å². The topological polar surface area (TPSA) is 53.5 Å². The number of nitrogens with one attached hydrogen (secondary N) is 2. The van der Waals surface area contributed by atoms with Crippen molar-refractivity contribution in [2.24, 2.45) is 4.99 Å². The van der Waals surface area contributed by atoms with E-state index < -0.39 is 0 Å². The Labute approximate surface area is 138 Å². The van der Waals surface area contributed by atoms with Crippen molar-refractivity contribution in [3.05, 3.63) is 65.5 Å². The number of aliphatic imine (C=N–C) groups is 1. The number of carbonyl (C=O) groups excluding carboxylic acids is 1. The lowest BCUT2D eigenvalue weighted by atomic mass is 10.1. The number of benzene rings is 2. The molecule has 0 fully saturated rings. The molecule has 23 heavy (non-hydrogen) atoms. The van der Waals surface area contributed by atoms with Crippen molar-refractivity contribution in [1.82, 2.24) is 5.32 Å². The molecule has 0 saturated carbocycles. The third-order valence-corrected chi connectivity index (χ3v) is 4.24. The van der Waals surface area contributed by atoms with E-state index in [0.717, 1.165) is 28.7 Å². The van der Waals surface area contributed by atoms with Crippen molar-refractivity contribution in [3.8, 4) is 0 Å². The molecule has 1 aliphatic heterocycles. The van der Waals surface area contributed by atoms with E-state index in [1.807, 2.05) is 12.1 Å². The van der Waals surface area contributed by atoms with Crippen LogP contribution < -0.4 is 10.6 Å². The van der Waals surface area contributed by atoms with Crippen LogP contribution in [0.25, 0.3) is 0 Å². The van der Waals surface area contributed by atoms with E-state index in [1.54, 1.807) is 36.0 Å². The standard InChI is InChI=1S/C17H16FN3OS/c18-14-5-1-12(2-6-14)11-20-16(22)13-3-7-15(8-4-13)21-17-19-9-10-23-17/h1-8H,9-11H2,(H,19,21)(H,20,22). The number of carbonyl (C=O) groups is 1. The molecule has 0 atom stereocenters. The molecule has 0 radical (unpaired) electrons. The van der Waals surface area contributed by atoms with Crippen LogP contribution in [0.1, 0.15) is 15.9 Å². The third-order valence-electron chi connectivity index (χ3n) is 3.35. The number of hydrogen-bond donors (Lipinski definition) is 2. The summed E-state index contributed by atoms with van der Waals surface area (Å²) < 4.78 is 12.8. The summed E-state index contributed by atoms with van der Waals surface area (Å²) in [7, 11) is 0. The van der Waals surface area contributed by atoms with Gasteiger partial charge in [0, 0.05) is 23.5 Å². The highest BCUT2D eigenvalue weighted by Crippen LogP contribution is 2.16. The van der Waals surface area contributed by atoms with Crippen LogP contribution in [0.3, 0.4) is 0 Å². The number of anilines is 1. The summed E-state index contributed by atoms with van der Waals surface area (Å²) in [6.07, 6.45) is 0. The SMILES string of the molecule is O=C(NCc1ccc(F)cc1)c1ccc(NC2=NCCS2)cc1. The van der Waals surface area contributed by atoms with Crippen molar-refractivity contribution in [2.75, 3.05) is 17.6 Å². The third kappa shape index (κ3) is 4.32. The molecule has 0 unspecified atom stereocenters. The van der Waals surface area contributed by atoms with Crippen molar-refractivity contribution < 1.29 is 9.18 Å². The van der Waals surface area contributed by atoms with Crippen LogP contribution in [-0.2, 0) is 6.54 Å². The van der Waals surface area contributed by atoms with Crippen LogP contribution in [0, 0.1) is 5.82 Å². The minimum atomic E-state index is -0.284. The van der Waals surface area contributed by atoms with Crippen molar-refractivity contribution in [1.29, 1.82) is 0 Å². The summed E-state index contributed by atoms with van der Waals surface area (Å²) in [5.74, 6) is 0.563. The zero-order chi connectivity index (χ0) is 16.1. The van der Waals surface area contributed by atoms with Crippen LogP contribution in [0.5, 0.6) is 0 Å². The van der Waals surface area contributed by atoms with Gasteiger partial charge >= 0.3 is 0 Å². The fraction of sp³-hybridized carbons (Fsp3) is 0.176. The first-order valence-corrected chi connectivity index (χ1v) is 8.26. The molecule has 0 aromatic heterocycles.